The molecule has 28 heavy (non-hydrogen) atoms. The van der Waals surface area contributed by atoms with E-state index in [1.807, 2.05) is 11.0 Å². The fraction of sp³-hybridized carbons (Fsp3) is 0.500. The van der Waals surface area contributed by atoms with Crippen molar-refractivity contribution in [1.29, 1.82) is 0 Å². The van der Waals surface area contributed by atoms with E-state index in [4.69, 9.17) is 9.47 Å². The summed E-state index contributed by atoms with van der Waals surface area (Å²) >= 11 is 0. The Balaban J connectivity index is 1.39. The number of fused-ring (bicyclic) bond motifs is 3. The molecule has 3 atom stereocenters. The van der Waals surface area contributed by atoms with Crippen LogP contribution in [0.5, 0.6) is 11.5 Å². The molecule has 0 radical (unpaired) electrons. The second-order valence-electron chi connectivity index (χ2n) is 8.19. The molecule has 4 fully saturated rings. The Morgan fingerprint density at radius 3 is 2.71 bits per heavy atom. The Hall–Kier alpha value is -2.74. The first-order chi connectivity index (χ1) is 13.7. The molecule has 6 heterocycles. The lowest BCUT2D eigenvalue weighted by Gasteiger charge is -2.51. The third-order valence-electron chi connectivity index (χ3n) is 6.91. The number of aromatic nitrogens is 2. The van der Waals surface area contributed by atoms with E-state index in [0.29, 0.717) is 24.2 Å². The molecule has 1 aromatic carbocycles. The molecule has 7 rings (SSSR count). The Morgan fingerprint density at radius 1 is 1.11 bits per heavy atom. The molecule has 8 heteroatoms. The number of ether oxygens (including phenoxy) is 2. The molecule has 1 amide bonds. The number of benzene rings is 1. The highest BCUT2D eigenvalue weighted by Gasteiger charge is 2.55. The van der Waals surface area contributed by atoms with Crippen LogP contribution < -0.4 is 15.2 Å². The topological polar surface area (TPSA) is 90.7 Å². The number of aromatic amines is 2. The van der Waals surface area contributed by atoms with Gasteiger partial charge in [0.15, 0.2) is 11.5 Å². The fourth-order valence-electron chi connectivity index (χ4n) is 5.69. The molecule has 146 valence electrons. The van der Waals surface area contributed by atoms with Gasteiger partial charge < -0.3 is 24.3 Å². The number of amides is 1. The SMILES string of the molecule is O=C(c1c[nH]c(=O)[nH]1)N1C[C@@H](c2ccc3c(c2)OCO3)[C@@H]2[C@H]1C1CCN2CC1. The minimum Gasteiger partial charge on any atom is -0.454 e. The molecule has 2 bridgehead atoms. The Kier molecular flexibility index (Phi) is 3.41. The highest BCUT2D eigenvalue weighted by molar-refractivity contribution is 5.92. The van der Waals surface area contributed by atoms with E-state index in [1.165, 1.54) is 11.8 Å². The molecule has 4 saturated heterocycles. The van der Waals surface area contributed by atoms with Gasteiger partial charge in [-0.2, -0.15) is 0 Å². The van der Waals surface area contributed by atoms with Crippen molar-refractivity contribution in [1.82, 2.24) is 19.8 Å². The zero-order valence-electron chi connectivity index (χ0n) is 15.4. The number of nitrogens with zero attached hydrogens (tertiary/aromatic N) is 2. The van der Waals surface area contributed by atoms with Crippen LogP contribution in [-0.2, 0) is 0 Å². The van der Waals surface area contributed by atoms with E-state index in [1.54, 1.807) is 0 Å². The molecular weight excluding hydrogens is 360 g/mol. The van der Waals surface area contributed by atoms with Gasteiger partial charge in [0.05, 0.1) is 6.04 Å². The number of carbonyl (C=O) groups excluding carboxylic acids is 1. The minimum absolute atomic E-state index is 0.0923. The number of H-pyrrole nitrogens is 2. The predicted octanol–water partition coefficient (Wildman–Crippen LogP) is 1.13. The average molecular weight is 382 g/mol. The van der Waals surface area contributed by atoms with Crippen LogP contribution in [0.2, 0.25) is 0 Å². The normalized spacial score (nSPS) is 32.6. The van der Waals surface area contributed by atoms with E-state index in [2.05, 4.69) is 27.0 Å². The number of carbonyl (C=O) groups is 1. The standard InChI is InChI=1S/C20H22N4O4/c25-19(14-8-21-20(26)22-14)24-9-13(12-1-2-15-16(7-12)28-10-27-15)18-17(24)11-3-5-23(18)6-4-11/h1-2,7-8,11,13,17-18H,3-6,9-10H2,(H2,21,22,26)/t13-,17+,18+/m0/s1. The van der Waals surface area contributed by atoms with Crippen molar-refractivity contribution in [2.24, 2.45) is 5.92 Å². The predicted molar refractivity (Wildman–Crippen MR) is 99.6 cm³/mol. The van der Waals surface area contributed by atoms with Gasteiger partial charge in [0, 0.05) is 24.7 Å². The maximum absolute atomic E-state index is 13.2. The average Bonchev–Trinajstić information content (AvgIpc) is 3.46. The molecule has 5 aliphatic rings. The van der Waals surface area contributed by atoms with E-state index in [9.17, 15) is 9.59 Å². The lowest BCUT2D eigenvalue weighted by atomic mass is 9.75. The van der Waals surface area contributed by atoms with Crippen molar-refractivity contribution in [3.05, 3.63) is 46.1 Å². The van der Waals surface area contributed by atoms with Gasteiger partial charge in [0.25, 0.3) is 5.91 Å². The van der Waals surface area contributed by atoms with Crippen LogP contribution in [0.25, 0.3) is 0 Å². The van der Waals surface area contributed by atoms with Crippen LogP contribution in [0.1, 0.15) is 34.8 Å². The van der Waals surface area contributed by atoms with E-state index in [-0.39, 0.29) is 30.3 Å². The van der Waals surface area contributed by atoms with Crippen LogP contribution in [0, 0.1) is 5.92 Å². The highest BCUT2D eigenvalue weighted by atomic mass is 16.7. The Labute approximate surface area is 161 Å². The zero-order valence-corrected chi connectivity index (χ0v) is 15.4. The second-order valence-corrected chi connectivity index (χ2v) is 8.19. The van der Waals surface area contributed by atoms with Crippen molar-refractivity contribution in [2.45, 2.75) is 30.8 Å². The summed E-state index contributed by atoms with van der Waals surface area (Å²) in [5.74, 6) is 2.21. The van der Waals surface area contributed by atoms with Gasteiger partial charge >= 0.3 is 5.69 Å². The van der Waals surface area contributed by atoms with Crippen LogP contribution in [0.4, 0.5) is 0 Å². The van der Waals surface area contributed by atoms with Crippen LogP contribution in [0.15, 0.2) is 29.2 Å². The zero-order chi connectivity index (χ0) is 18.8. The van der Waals surface area contributed by atoms with E-state index >= 15 is 0 Å². The number of piperidine rings is 3. The summed E-state index contributed by atoms with van der Waals surface area (Å²) < 4.78 is 11.0. The molecule has 2 N–H and O–H groups in total. The lowest BCUT2D eigenvalue weighted by molar-refractivity contribution is -0.00357. The summed E-state index contributed by atoms with van der Waals surface area (Å²) in [6, 6.07) is 6.63. The molecule has 0 saturated carbocycles. The number of likely N-dealkylation sites (tertiary alicyclic amines) is 1. The van der Waals surface area contributed by atoms with Gasteiger partial charge in [-0.25, -0.2) is 4.79 Å². The van der Waals surface area contributed by atoms with Gasteiger partial charge in [-0.1, -0.05) is 6.07 Å². The fourth-order valence-corrected chi connectivity index (χ4v) is 5.69. The molecule has 0 aliphatic carbocycles. The highest BCUT2D eigenvalue weighted by Crippen LogP contribution is 2.48. The molecule has 5 aliphatic heterocycles. The number of hydrogen-bond acceptors (Lipinski definition) is 5. The van der Waals surface area contributed by atoms with Crippen LogP contribution in [-0.4, -0.2) is 64.2 Å². The maximum atomic E-state index is 13.2. The van der Waals surface area contributed by atoms with Gasteiger partial charge in [-0.05, 0) is 49.5 Å². The van der Waals surface area contributed by atoms with Crippen molar-refractivity contribution in [3.63, 3.8) is 0 Å². The molecule has 8 nitrogen and oxygen atoms in total. The van der Waals surface area contributed by atoms with Gasteiger partial charge in [-0.3, -0.25) is 9.69 Å². The summed E-state index contributed by atoms with van der Waals surface area (Å²) in [5.41, 5.74) is 1.18. The smallest absolute Gasteiger partial charge is 0.323 e. The maximum Gasteiger partial charge on any atom is 0.323 e. The largest absolute Gasteiger partial charge is 0.454 e. The third kappa shape index (κ3) is 2.27. The summed E-state index contributed by atoms with van der Waals surface area (Å²) in [6.45, 7) is 3.09. The number of rotatable bonds is 2. The monoisotopic (exact) mass is 382 g/mol. The lowest BCUT2D eigenvalue weighted by Crippen LogP contribution is -2.60. The number of hydrogen-bond donors (Lipinski definition) is 2. The van der Waals surface area contributed by atoms with Crippen molar-refractivity contribution < 1.29 is 14.3 Å². The first-order valence-corrected chi connectivity index (χ1v) is 9.91. The van der Waals surface area contributed by atoms with Gasteiger partial charge in [-0.15, -0.1) is 0 Å². The van der Waals surface area contributed by atoms with Crippen molar-refractivity contribution in [2.75, 3.05) is 26.4 Å². The van der Waals surface area contributed by atoms with Crippen molar-refractivity contribution >= 4 is 5.91 Å². The minimum atomic E-state index is -0.347. The quantitative estimate of drug-likeness (QED) is 0.813. The number of imidazole rings is 1. The molecular formula is C20H22N4O4. The Morgan fingerprint density at radius 2 is 1.93 bits per heavy atom. The van der Waals surface area contributed by atoms with Gasteiger partial charge in [0.1, 0.15) is 5.69 Å². The number of nitrogens with one attached hydrogen (secondary N) is 2. The van der Waals surface area contributed by atoms with E-state index < -0.39 is 0 Å². The third-order valence-corrected chi connectivity index (χ3v) is 6.91. The molecule has 2 aromatic rings. The summed E-state index contributed by atoms with van der Waals surface area (Å²) in [5, 5.41) is 0. The summed E-state index contributed by atoms with van der Waals surface area (Å²) in [6.07, 6.45) is 3.74. The second kappa shape index (κ2) is 5.88. The van der Waals surface area contributed by atoms with Crippen LogP contribution >= 0.6 is 0 Å². The van der Waals surface area contributed by atoms with E-state index in [0.717, 1.165) is 37.4 Å². The first kappa shape index (κ1) is 16.2. The molecule has 0 spiro atoms. The first-order valence-electron chi connectivity index (χ1n) is 9.91. The van der Waals surface area contributed by atoms with Crippen LogP contribution in [0.3, 0.4) is 0 Å². The van der Waals surface area contributed by atoms with Crippen molar-refractivity contribution in [3.8, 4) is 11.5 Å². The Bertz CT molecular complexity index is 990. The molecule has 0 unspecified atom stereocenters. The molecule has 1 aromatic heterocycles. The summed E-state index contributed by atoms with van der Waals surface area (Å²) in [4.78, 5) is 34.4. The summed E-state index contributed by atoms with van der Waals surface area (Å²) in [7, 11) is 0. The van der Waals surface area contributed by atoms with Gasteiger partial charge in [0.2, 0.25) is 6.79 Å².